The second kappa shape index (κ2) is 6.63. The maximum atomic E-state index is 11.8. The van der Waals surface area contributed by atoms with E-state index >= 15 is 0 Å². The number of rotatable bonds is 5. The van der Waals surface area contributed by atoms with E-state index in [1.165, 1.54) is 24.1 Å². The summed E-state index contributed by atoms with van der Waals surface area (Å²) >= 11 is 0. The van der Waals surface area contributed by atoms with E-state index in [0.29, 0.717) is 17.0 Å². The predicted octanol–water partition coefficient (Wildman–Crippen LogP) is 0.912. The zero-order chi connectivity index (χ0) is 14.4. The van der Waals surface area contributed by atoms with E-state index in [-0.39, 0.29) is 18.9 Å². The fraction of sp³-hybridized carbons (Fsp3) is 0.385. The Hall–Kier alpha value is -2.24. The van der Waals surface area contributed by atoms with Crippen LogP contribution in [0.1, 0.15) is 16.8 Å². The molecule has 0 aliphatic heterocycles. The van der Waals surface area contributed by atoms with E-state index in [1.807, 2.05) is 0 Å². The SMILES string of the molecule is COc1cc(N)cc(C(=O)OCCC(=O)N(C)C)c1. The van der Waals surface area contributed by atoms with Crippen LogP contribution in [0.25, 0.3) is 0 Å². The third-order valence-corrected chi connectivity index (χ3v) is 2.45. The van der Waals surface area contributed by atoms with Gasteiger partial charge in [0.15, 0.2) is 0 Å². The lowest BCUT2D eigenvalue weighted by atomic mass is 10.2. The molecule has 0 fully saturated rings. The number of methoxy groups -OCH3 is 1. The maximum absolute atomic E-state index is 11.8. The lowest BCUT2D eigenvalue weighted by Crippen LogP contribution is -2.23. The molecule has 0 saturated carbocycles. The minimum absolute atomic E-state index is 0.0347. The van der Waals surface area contributed by atoms with Gasteiger partial charge in [0.25, 0.3) is 0 Å². The minimum Gasteiger partial charge on any atom is -0.497 e. The normalized spacial score (nSPS) is 9.84. The number of carbonyl (C=O) groups is 2. The Morgan fingerprint density at radius 3 is 2.53 bits per heavy atom. The lowest BCUT2D eigenvalue weighted by molar-refractivity contribution is -0.129. The molecule has 19 heavy (non-hydrogen) atoms. The number of amides is 1. The van der Waals surface area contributed by atoms with Crippen LogP contribution in [0.4, 0.5) is 5.69 Å². The monoisotopic (exact) mass is 266 g/mol. The van der Waals surface area contributed by atoms with Crippen molar-refractivity contribution in [3.63, 3.8) is 0 Å². The van der Waals surface area contributed by atoms with E-state index in [1.54, 1.807) is 20.2 Å². The summed E-state index contributed by atoms with van der Waals surface area (Å²) in [7, 11) is 4.78. The minimum atomic E-state index is -0.530. The van der Waals surface area contributed by atoms with Gasteiger partial charge in [0.2, 0.25) is 5.91 Å². The van der Waals surface area contributed by atoms with Crippen LogP contribution >= 0.6 is 0 Å². The Kier molecular flexibility index (Phi) is 5.17. The molecule has 0 aliphatic rings. The smallest absolute Gasteiger partial charge is 0.338 e. The van der Waals surface area contributed by atoms with Gasteiger partial charge < -0.3 is 20.1 Å². The summed E-state index contributed by atoms with van der Waals surface area (Å²) in [6, 6.07) is 4.64. The summed E-state index contributed by atoms with van der Waals surface area (Å²) in [5.41, 5.74) is 6.35. The topological polar surface area (TPSA) is 81.9 Å². The summed E-state index contributed by atoms with van der Waals surface area (Å²) in [4.78, 5) is 24.5. The standard InChI is InChI=1S/C13H18N2O4/c1-15(2)12(16)4-5-19-13(17)9-6-10(14)8-11(7-9)18-3/h6-8H,4-5,14H2,1-3H3. The summed E-state index contributed by atoms with van der Waals surface area (Å²) in [6.45, 7) is 0.0347. The third kappa shape index (κ3) is 4.50. The van der Waals surface area contributed by atoms with Crippen molar-refractivity contribution in [2.75, 3.05) is 33.5 Å². The first kappa shape index (κ1) is 14.8. The Balaban J connectivity index is 2.59. The number of carbonyl (C=O) groups excluding carboxylic acids is 2. The second-order valence-corrected chi connectivity index (χ2v) is 4.17. The zero-order valence-corrected chi connectivity index (χ0v) is 11.3. The van der Waals surface area contributed by atoms with E-state index in [0.717, 1.165) is 0 Å². The van der Waals surface area contributed by atoms with Crippen LogP contribution in [0.15, 0.2) is 18.2 Å². The number of nitrogens with two attached hydrogens (primary N) is 1. The van der Waals surface area contributed by atoms with Crippen molar-refractivity contribution in [2.24, 2.45) is 0 Å². The molecule has 6 nitrogen and oxygen atoms in total. The molecule has 1 rings (SSSR count). The molecule has 104 valence electrons. The van der Waals surface area contributed by atoms with E-state index in [4.69, 9.17) is 15.2 Å². The van der Waals surface area contributed by atoms with Crippen molar-refractivity contribution in [1.29, 1.82) is 0 Å². The van der Waals surface area contributed by atoms with Crippen LogP contribution in [0.2, 0.25) is 0 Å². The van der Waals surface area contributed by atoms with Crippen molar-refractivity contribution >= 4 is 17.6 Å². The maximum Gasteiger partial charge on any atom is 0.338 e. The number of benzene rings is 1. The predicted molar refractivity (Wildman–Crippen MR) is 71.0 cm³/mol. The first-order chi connectivity index (χ1) is 8.93. The van der Waals surface area contributed by atoms with Gasteiger partial charge in [0.1, 0.15) is 12.4 Å². The Morgan fingerprint density at radius 2 is 1.95 bits per heavy atom. The summed E-state index contributed by atoms with van der Waals surface area (Å²) in [6.07, 6.45) is 0.151. The first-order valence-electron chi connectivity index (χ1n) is 5.76. The molecule has 2 N–H and O–H groups in total. The van der Waals surface area contributed by atoms with Gasteiger partial charge in [-0.25, -0.2) is 4.79 Å². The van der Waals surface area contributed by atoms with Crippen molar-refractivity contribution in [1.82, 2.24) is 4.90 Å². The van der Waals surface area contributed by atoms with Crippen molar-refractivity contribution in [2.45, 2.75) is 6.42 Å². The van der Waals surface area contributed by atoms with Crippen LogP contribution in [-0.2, 0) is 9.53 Å². The highest BCUT2D eigenvalue weighted by Crippen LogP contribution is 2.19. The van der Waals surface area contributed by atoms with Crippen molar-refractivity contribution < 1.29 is 19.1 Å². The van der Waals surface area contributed by atoms with Gasteiger partial charge in [-0.3, -0.25) is 4.79 Å². The molecule has 1 aromatic rings. The summed E-state index contributed by atoms with van der Waals surface area (Å²) in [5.74, 6) is -0.147. The van der Waals surface area contributed by atoms with Gasteiger partial charge in [-0.15, -0.1) is 0 Å². The molecule has 1 aromatic carbocycles. The molecule has 0 bridgehead atoms. The second-order valence-electron chi connectivity index (χ2n) is 4.17. The number of ether oxygens (including phenoxy) is 2. The number of nitrogen functional groups attached to an aromatic ring is 1. The number of esters is 1. The number of hydrogen-bond donors (Lipinski definition) is 1. The highest BCUT2D eigenvalue weighted by atomic mass is 16.5. The quantitative estimate of drug-likeness (QED) is 0.633. The lowest BCUT2D eigenvalue weighted by Gasteiger charge is -2.10. The molecule has 0 atom stereocenters. The van der Waals surface area contributed by atoms with Crippen LogP contribution in [0.3, 0.4) is 0 Å². The zero-order valence-electron chi connectivity index (χ0n) is 11.3. The van der Waals surface area contributed by atoms with E-state index in [2.05, 4.69) is 0 Å². The Labute approximate surface area is 112 Å². The van der Waals surface area contributed by atoms with Crippen molar-refractivity contribution in [3.05, 3.63) is 23.8 Å². The highest BCUT2D eigenvalue weighted by molar-refractivity contribution is 5.91. The Morgan fingerprint density at radius 1 is 1.26 bits per heavy atom. The van der Waals surface area contributed by atoms with Crippen LogP contribution in [0.5, 0.6) is 5.75 Å². The first-order valence-corrected chi connectivity index (χ1v) is 5.76. The summed E-state index contributed by atoms with van der Waals surface area (Å²) in [5, 5.41) is 0. The third-order valence-electron chi connectivity index (χ3n) is 2.45. The molecule has 1 amide bonds. The van der Waals surface area contributed by atoms with E-state index < -0.39 is 5.97 Å². The molecule has 0 radical (unpaired) electrons. The number of nitrogens with zero attached hydrogens (tertiary/aromatic N) is 1. The van der Waals surface area contributed by atoms with Gasteiger partial charge in [-0.05, 0) is 12.1 Å². The molecule has 0 unspecified atom stereocenters. The molecule has 0 heterocycles. The van der Waals surface area contributed by atoms with Gasteiger partial charge in [0.05, 0.1) is 19.1 Å². The van der Waals surface area contributed by atoms with E-state index in [9.17, 15) is 9.59 Å². The average Bonchev–Trinajstić information content (AvgIpc) is 2.37. The van der Waals surface area contributed by atoms with Gasteiger partial charge in [0, 0.05) is 25.8 Å². The fourth-order valence-electron chi connectivity index (χ4n) is 1.40. The van der Waals surface area contributed by atoms with Crippen LogP contribution in [0, 0.1) is 0 Å². The molecule has 0 aliphatic carbocycles. The number of hydrogen-bond acceptors (Lipinski definition) is 5. The molecular formula is C13H18N2O4. The molecular weight excluding hydrogens is 248 g/mol. The van der Waals surface area contributed by atoms with Crippen LogP contribution < -0.4 is 10.5 Å². The fourth-order valence-corrected chi connectivity index (χ4v) is 1.40. The van der Waals surface area contributed by atoms with Gasteiger partial charge in [-0.2, -0.15) is 0 Å². The van der Waals surface area contributed by atoms with Crippen LogP contribution in [-0.4, -0.2) is 44.6 Å². The Bertz CT molecular complexity index is 472. The number of anilines is 1. The summed E-state index contributed by atoms with van der Waals surface area (Å²) < 4.78 is 10.0. The molecule has 6 heteroatoms. The largest absolute Gasteiger partial charge is 0.497 e. The average molecular weight is 266 g/mol. The van der Waals surface area contributed by atoms with Gasteiger partial charge >= 0.3 is 5.97 Å². The van der Waals surface area contributed by atoms with Gasteiger partial charge in [-0.1, -0.05) is 0 Å². The molecule has 0 saturated heterocycles. The van der Waals surface area contributed by atoms with Crippen molar-refractivity contribution in [3.8, 4) is 5.75 Å². The molecule has 0 aromatic heterocycles. The molecule has 0 spiro atoms. The highest BCUT2D eigenvalue weighted by Gasteiger charge is 2.11.